The van der Waals surface area contributed by atoms with Crippen LogP contribution in [0.15, 0.2) is 12.3 Å². The van der Waals surface area contributed by atoms with E-state index >= 15 is 0 Å². The van der Waals surface area contributed by atoms with Gasteiger partial charge in [-0.15, -0.1) is 0 Å². The number of rotatable bonds is 0. The summed E-state index contributed by atoms with van der Waals surface area (Å²) >= 11 is 4.80. The van der Waals surface area contributed by atoms with Crippen LogP contribution < -0.4 is 16.4 Å². The highest BCUT2D eigenvalue weighted by atomic mass is 32.1. The zero-order chi connectivity index (χ0) is 6.91. The molecule has 1 heterocycles. The second-order valence-corrected chi connectivity index (χ2v) is 2.62. The van der Waals surface area contributed by atoms with Gasteiger partial charge >= 0.3 is 0 Å². The Balaban J connectivity index is 2.71. The zero-order valence-corrected chi connectivity index (χ0v) is 5.96. The van der Waals surface area contributed by atoms with Crippen molar-refractivity contribution in [2.75, 3.05) is 0 Å². The summed E-state index contributed by atoms with van der Waals surface area (Å²) in [6, 6.07) is 0. The first-order valence-corrected chi connectivity index (χ1v) is 3.06. The summed E-state index contributed by atoms with van der Waals surface area (Å²) in [6.07, 6.45) is 3.54. The molecule has 0 bridgehead atoms. The lowest BCUT2D eigenvalue weighted by molar-refractivity contribution is 0.530. The fourth-order valence-electron chi connectivity index (χ4n) is 0.613. The van der Waals surface area contributed by atoms with Gasteiger partial charge in [0.2, 0.25) is 0 Å². The van der Waals surface area contributed by atoms with Crippen molar-refractivity contribution in [1.29, 1.82) is 0 Å². The summed E-state index contributed by atoms with van der Waals surface area (Å²) in [4.78, 5) is 0. The van der Waals surface area contributed by atoms with Gasteiger partial charge in [-0.1, -0.05) is 0 Å². The van der Waals surface area contributed by atoms with Gasteiger partial charge in [-0.25, -0.2) is 0 Å². The molecule has 1 aliphatic rings. The topological polar surface area (TPSA) is 50.1 Å². The summed E-state index contributed by atoms with van der Waals surface area (Å²) in [5.41, 5.74) is 5.16. The van der Waals surface area contributed by atoms with Crippen LogP contribution in [-0.2, 0) is 0 Å². The summed E-state index contributed by atoms with van der Waals surface area (Å²) in [5.74, 6) is 0. The first-order valence-electron chi connectivity index (χ1n) is 2.65. The monoisotopic (exact) mass is 143 g/mol. The average molecular weight is 143 g/mol. The molecule has 9 heavy (non-hydrogen) atoms. The minimum Gasteiger partial charge on any atom is -0.341 e. The van der Waals surface area contributed by atoms with Crippen molar-refractivity contribution in [2.45, 2.75) is 12.6 Å². The summed E-state index contributed by atoms with van der Waals surface area (Å²) < 4.78 is 0. The predicted molar refractivity (Wildman–Crippen MR) is 40.6 cm³/mol. The maximum absolute atomic E-state index is 5.64. The average Bonchev–Trinajstić information content (AvgIpc) is 1.60. The van der Waals surface area contributed by atoms with E-state index in [0.717, 1.165) is 0 Å². The van der Waals surface area contributed by atoms with E-state index in [1.807, 2.05) is 13.0 Å². The molecule has 0 amide bonds. The van der Waals surface area contributed by atoms with Crippen molar-refractivity contribution in [2.24, 2.45) is 5.73 Å². The highest BCUT2D eigenvalue weighted by Gasteiger charge is 2.17. The summed E-state index contributed by atoms with van der Waals surface area (Å²) in [6.45, 7) is 1.84. The SMILES string of the molecule is CC1(N)C=CNC(=S)N1. The van der Waals surface area contributed by atoms with Crippen LogP contribution in [0.4, 0.5) is 0 Å². The minimum absolute atomic E-state index is 0.484. The molecule has 1 rings (SSSR count). The van der Waals surface area contributed by atoms with Crippen LogP contribution in [0.5, 0.6) is 0 Å². The Morgan fingerprint density at radius 2 is 2.44 bits per heavy atom. The van der Waals surface area contributed by atoms with Gasteiger partial charge in [0.05, 0.1) is 0 Å². The fourth-order valence-corrected chi connectivity index (χ4v) is 0.901. The smallest absolute Gasteiger partial charge is 0.171 e. The van der Waals surface area contributed by atoms with Crippen LogP contribution in [0.25, 0.3) is 0 Å². The third kappa shape index (κ3) is 1.65. The Bertz CT molecular complexity index is 162. The molecule has 0 spiro atoms. The van der Waals surface area contributed by atoms with Crippen LogP contribution in [0.2, 0.25) is 0 Å². The summed E-state index contributed by atoms with van der Waals surface area (Å²) in [5, 5.41) is 6.24. The van der Waals surface area contributed by atoms with Gasteiger partial charge in [-0.05, 0) is 25.2 Å². The molecule has 0 radical (unpaired) electrons. The van der Waals surface area contributed by atoms with Gasteiger partial charge in [0, 0.05) is 6.20 Å². The molecule has 0 aromatic carbocycles. The zero-order valence-electron chi connectivity index (χ0n) is 5.14. The summed E-state index contributed by atoms with van der Waals surface area (Å²) in [7, 11) is 0. The second-order valence-electron chi connectivity index (χ2n) is 2.21. The largest absolute Gasteiger partial charge is 0.341 e. The van der Waals surface area contributed by atoms with Crippen molar-refractivity contribution in [1.82, 2.24) is 10.6 Å². The molecule has 1 unspecified atom stereocenters. The Kier molecular flexibility index (Phi) is 1.42. The van der Waals surface area contributed by atoms with Crippen molar-refractivity contribution < 1.29 is 0 Å². The highest BCUT2D eigenvalue weighted by Crippen LogP contribution is 1.98. The lowest BCUT2D eigenvalue weighted by Crippen LogP contribution is -2.57. The van der Waals surface area contributed by atoms with Crippen molar-refractivity contribution >= 4 is 17.3 Å². The molecule has 50 valence electrons. The molecule has 3 nitrogen and oxygen atoms in total. The van der Waals surface area contributed by atoms with E-state index in [2.05, 4.69) is 10.6 Å². The number of nitrogens with two attached hydrogens (primary N) is 1. The Morgan fingerprint density at radius 3 is 2.78 bits per heavy atom. The first-order chi connectivity index (χ1) is 4.10. The third-order valence-corrected chi connectivity index (χ3v) is 1.25. The molecular weight excluding hydrogens is 134 g/mol. The number of hydrogen-bond acceptors (Lipinski definition) is 2. The molecule has 1 atom stereocenters. The molecule has 0 fully saturated rings. The lowest BCUT2D eigenvalue weighted by Gasteiger charge is -2.27. The van der Waals surface area contributed by atoms with E-state index in [-0.39, 0.29) is 0 Å². The van der Waals surface area contributed by atoms with Gasteiger partial charge in [0.15, 0.2) is 5.11 Å². The van der Waals surface area contributed by atoms with E-state index in [0.29, 0.717) is 5.11 Å². The molecule has 4 N–H and O–H groups in total. The normalized spacial score (nSPS) is 33.3. The Hall–Kier alpha value is -0.610. The number of hydrogen-bond donors (Lipinski definition) is 3. The van der Waals surface area contributed by atoms with E-state index in [9.17, 15) is 0 Å². The van der Waals surface area contributed by atoms with Crippen molar-refractivity contribution in [3.63, 3.8) is 0 Å². The second kappa shape index (κ2) is 1.97. The van der Waals surface area contributed by atoms with Crippen LogP contribution >= 0.6 is 12.2 Å². The number of thiocarbonyl (C=S) groups is 1. The standard InChI is InChI=1S/C5H9N3S/c1-5(6)2-3-7-4(9)8-5/h2-3H,6H2,1H3,(H2,7,8,9). The lowest BCUT2D eigenvalue weighted by atomic mass is 10.2. The molecule has 0 aromatic heterocycles. The van der Waals surface area contributed by atoms with E-state index in [1.54, 1.807) is 6.20 Å². The Morgan fingerprint density at radius 1 is 1.78 bits per heavy atom. The van der Waals surface area contributed by atoms with Crippen LogP contribution in [0.3, 0.4) is 0 Å². The maximum Gasteiger partial charge on any atom is 0.171 e. The van der Waals surface area contributed by atoms with Gasteiger partial charge in [-0.2, -0.15) is 0 Å². The van der Waals surface area contributed by atoms with E-state index in [4.69, 9.17) is 18.0 Å². The van der Waals surface area contributed by atoms with E-state index in [1.165, 1.54) is 0 Å². The van der Waals surface area contributed by atoms with Gasteiger partial charge in [0.1, 0.15) is 5.66 Å². The Labute approximate surface area is 59.3 Å². The quantitative estimate of drug-likeness (QED) is 0.406. The van der Waals surface area contributed by atoms with Crippen LogP contribution in [0, 0.1) is 0 Å². The fraction of sp³-hybridized carbons (Fsp3) is 0.400. The molecule has 0 aliphatic carbocycles. The molecular formula is C5H9N3S. The first kappa shape index (κ1) is 6.51. The number of nitrogens with one attached hydrogen (secondary N) is 2. The molecule has 0 saturated carbocycles. The molecule has 1 aliphatic heterocycles. The van der Waals surface area contributed by atoms with Crippen LogP contribution in [0.1, 0.15) is 6.92 Å². The van der Waals surface area contributed by atoms with Gasteiger partial charge < -0.3 is 16.4 Å². The van der Waals surface area contributed by atoms with Crippen molar-refractivity contribution in [3.05, 3.63) is 12.3 Å². The van der Waals surface area contributed by atoms with Gasteiger partial charge in [-0.3, -0.25) is 0 Å². The maximum atomic E-state index is 5.64. The van der Waals surface area contributed by atoms with Crippen molar-refractivity contribution in [3.8, 4) is 0 Å². The van der Waals surface area contributed by atoms with Gasteiger partial charge in [0.25, 0.3) is 0 Å². The molecule has 4 heteroatoms. The minimum atomic E-state index is -0.484. The van der Waals surface area contributed by atoms with E-state index < -0.39 is 5.66 Å². The molecule has 0 aromatic rings. The third-order valence-electron chi connectivity index (χ3n) is 1.03. The highest BCUT2D eigenvalue weighted by molar-refractivity contribution is 7.80. The molecule has 0 saturated heterocycles. The van der Waals surface area contributed by atoms with Crippen LogP contribution in [-0.4, -0.2) is 10.8 Å². The predicted octanol–water partition coefficient (Wildman–Crippen LogP) is -0.347.